The van der Waals surface area contributed by atoms with E-state index in [9.17, 15) is 4.79 Å². The van der Waals surface area contributed by atoms with Gasteiger partial charge in [-0.2, -0.15) is 0 Å². The van der Waals surface area contributed by atoms with E-state index >= 15 is 0 Å². The first-order chi connectivity index (χ1) is 12.7. The van der Waals surface area contributed by atoms with Crippen LogP contribution < -0.4 is 0 Å². The van der Waals surface area contributed by atoms with E-state index in [0.717, 1.165) is 45.4 Å². The van der Waals surface area contributed by atoms with Gasteiger partial charge < -0.3 is 4.90 Å². The Balaban J connectivity index is 1.26. The van der Waals surface area contributed by atoms with Crippen LogP contribution in [0.4, 0.5) is 0 Å². The van der Waals surface area contributed by atoms with Crippen LogP contribution in [0.1, 0.15) is 36.2 Å². The fourth-order valence-electron chi connectivity index (χ4n) is 4.08. The van der Waals surface area contributed by atoms with Crippen molar-refractivity contribution in [3.05, 3.63) is 46.5 Å². The van der Waals surface area contributed by atoms with E-state index in [1.54, 1.807) is 0 Å². The second kappa shape index (κ2) is 7.76. The molecule has 7 heteroatoms. The molecule has 0 atom stereocenters. The van der Waals surface area contributed by atoms with Gasteiger partial charge in [0.15, 0.2) is 0 Å². The van der Waals surface area contributed by atoms with Crippen molar-refractivity contribution in [3.8, 4) is 0 Å². The van der Waals surface area contributed by atoms with E-state index < -0.39 is 0 Å². The molecule has 1 fully saturated rings. The first kappa shape index (κ1) is 17.5. The van der Waals surface area contributed by atoms with E-state index in [4.69, 9.17) is 11.6 Å². The Hall–Kier alpha value is -1.92. The molecule has 26 heavy (non-hydrogen) atoms. The highest BCUT2D eigenvalue weighted by atomic mass is 35.5. The van der Waals surface area contributed by atoms with Gasteiger partial charge in [-0.3, -0.25) is 14.8 Å². The van der Waals surface area contributed by atoms with Crippen LogP contribution in [0.25, 0.3) is 0 Å². The first-order valence-electron chi connectivity index (χ1n) is 9.34. The summed E-state index contributed by atoms with van der Waals surface area (Å²) in [7, 11) is 0. The molecule has 1 aromatic carbocycles. The lowest BCUT2D eigenvalue weighted by atomic mass is 9.95. The van der Waals surface area contributed by atoms with Crippen molar-refractivity contribution in [2.45, 2.75) is 44.7 Å². The number of aryl methyl sites for hydroxylation is 1. The number of carbonyl (C=O) groups excluding carboxylic acids is 1. The summed E-state index contributed by atoms with van der Waals surface area (Å²) in [6.45, 7) is 3.86. The smallest absolute Gasteiger partial charge is 0.242 e. The maximum absolute atomic E-state index is 12.4. The SMILES string of the molecule is O=C(CCc1nc(Cl)n[nH]1)N1CCC(N2CCc3ccccc3C2)CC1. The Morgan fingerprint density at radius 1 is 1.19 bits per heavy atom. The average Bonchev–Trinajstić information content (AvgIpc) is 3.11. The maximum Gasteiger partial charge on any atom is 0.242 e. The zero-order valence-electron chi connectivity index (χ0n) is 14.8. The number of benzene rings is 1. The number of fused-ring (bicyclic) bond motifs is 1. The molecule has 0 radical (unpaired) electrons. The number of piperidine rings is 1. The summed E-state index contributed by atoms with van der Waals surface area (Å²) in [5, 5.41) is 6.74. The van der Waals surface area contributed by atoms with E-state index in [2.05, 4.69) is 44.3 Å². The first-order valence-corrected chi connectivity index (χ1v) is 9.72. The topological polar surface area (TPSA) is 65.1 Å². The summed E-state index contributed by atoms with van der Waals surface area (Å²) >= 11 is 5.69. The van der Waals surface area contributed by atoms with Gasteiger partial charge in [0.1, 0.15) is 5.82 Å². The maximum atomic E-state index is 12.4. The van der Waals surface area contributed by atoms with Crippen molar-refractivity contribution in [2.24, 2.45) is 0 Å². The minimum atomic E-state index is 0.194. The number of nitrogens with one attached hydrogen (secondary N) is 1. The third kappa shape index (κ3) is 3.91. The van der Waals surface area contributed by atoms with Gasteiger partial charge in [-0.25, -0.2) is 4.98 Å². The molecule has 0 bridgehead atoms. The van der Waals surface area contributed by atoms with Crippen LogP contribution >= 0.6 is 11.6 Å². The van der Waals surface area contributed by atoms with Gasteiger partial charge in [0.05, 0.1) is 0 Å². The quantitative estimate of drug-likeness (QED) is 0.894. The Labute approximate surface area is 158 Å². The summed E-state index contributed by atoms with van der Waals surface area (Å²) in [6, 6.07) is 9.34. The number of aromatic nitrogens is 3. The molecule has 0 saturated carbocycles. The van der Waals surface area contributed by atoms with Crippen LogP contribution in [-0.4, -0.2) is 56.6 Å². The molecule has 1 amide bonds. The largest absolute Gasteiger partial charge is 0.343 e. The van der Waals surface area contributed by atoms with Crippen LogP contribution in [-0.2, 0) is 24.2 Å². The van der Waals surface area contributed by atoms with Gasteiger partial charge in [0, 0.05) is 45.1 Å². The number of rotatable bonds is 4. The van der Waals surface area contributed by atoms with E-state index in [0.29, 0.717) is 24.7 Å². The number of H-pyrrole nitrogens is 1. The monoisotopic (exact) mass is 373 g/mol. The molecule has 1 saturated heterocycles. The van der Waals surface area contributed by atoms with Crippen molar-refractivity contribution in [2.75, 3.05) is 19.6 Å². The van der Waals surface area contributed by atoms with Gasteiger partial charge in [-0.15, -0.1) is 5.10 Å². The third-order valence-electron chi connectivity index (χ3n) is 5.57. The van der Waals surface area contributed by atoms with Crippen molar-refractivity contribution in [1.82, 2.24) is 25.0 Å². The molecule has 0 spiro atoms. The number of amides is 1. The van der Waals surface area contributed by atoms with Crippen LogP contribution in [0, 0.1) is 0 Å². The van der Waals surface area contributed by atoms with Crippen LogP contribution in [0.2, 0.25) is 5.28 Å². The summed E-state index contributed by atoms with van der Waals surface area (Å²) < 4.78 is 0. The van der Waals surface area contributed by atoms with E-state index in [-0.39, 0.29) is 11.2 Å². The van der Waals surface area contributed by atoms with Crippen LogP contribution in [0.5, 0.6) is 0 Å². The second-order valence-electron chi connectivity index (χ2n) is 7.15. The Bertz CT molecular complexity index is 769. The van der Waals surface area contributed by atoms with Gasteiger partial charge in [0.25, 0.3) is 0 Å². The zero-order valence-corrected chi connectivity index (χ0v) is 15.6. The Kier molecular flexibility index (Phi) is 5.22. The lowest BCUT2D eigenvalue weighted by molar-refractivity contribution is -0.132. The molecule has 138 valence electrons. The molecule has 0 aliphatic carbocycles. The number of carbonyl (C=O) groups is 1. The number of nitrogens with zero attached hydrogens (tertiary/aromatic N) is 4. The van der Waals surface area contributed by atoms with Crippen molar-refractivity contribution in [1.29, 1.82) is 0 Å². The molecule has 1 aromatic heterocycles. The van der Waals surface area contributed by atoms with Gasteiger partial charge >= 0.3 is 0 Å². The standard InChI is InChI=1S/C19H24ClN5O/c20-19-21-17(22-23-19)5-6-18(26)24-11-8-16(9-12-24)25-10-7-14-3-1-2-4-15(14)13-25/h1-4,16H,5-13H2,(H,21,22,23). The number of aromatic amines is 1. The number of likely N-dealkylation sites (tertiary alicyclic amines) is 1. The average molecular weight is 374 g/mol. The summed E-state index contributed by atoms with van der Waals surface area (Å²) in [5.41, 5.74) is 2.95. The lowest BCUT2D eigenvalue weighted by Crippen LogP contribution is -2.48. The highest BCUT2D eigenvalue weighted by molar-refractivity contribution is 6.28. The molecular formula is C19H24ClN5O. The number of hydrogen-bond acceptors (Lipinski definition) is 4. The fraction of sp³-hybridized carbons (Fsp3) is 0.526. The van der Waals surface area contributed by atoms with Gasteiger partial charge in [-0.05, 0) is 42.0 Å². The highest BCUT2D eigenvalue weighted by Gasteiger charge is 2.28. The van der Waals surface area contributed by atoms with Crippen molar-refractivity contribution in [3.63, 3.8) is 0 Å². The predicted molar refractivity (Wildman–Crippen MR) is 99.9 cm³/mol. The van der Waals surface area contributed by atoms with Gasteiger partial charge in [-0.1, -0.05) is 24.3 Å². The minimum Gasteiger partial charge on any atom is -0.343 e. The van der Waals surface area contributed by atoms with Crippen LogP contribution in [0.15, 0.2) is 24.3 Å². The predicted octanol–water partition coefficient (Wildman–Crippen LogP) is 2.44. The van der Waals surface area contributed by atoms with E-state index in [1.807, 2.05) is 4.90 Å². The second-order valence-corrected chi connectivity index (χ2v) is 7.49. The zero-order chi connectivity index (χ0) is 17.9. The molecule has 1 N–H and O–H groups in total. The Morgan fingerprint density at radius 2 is 1.96 bits per heavy atom. The highest BCUT2D eigenvalue weighted by Crippen LogP contribution is 2.25. The van der Waals surface area contributed by atoms with Crippen molar-refractivity contribution < 1.29 is 4.79 Å². The third-order valence-corrected chi connectivity index (χ3v) is 5.74. The molecule has 6 nitrogen and oxygen atoms in total. The normalized spacial score (nSPS) is 18.7. The van der Waals surface area contributed by atoms with Crippen molar-refractivity contribution >= 4 is 17.5 Å². The molecule has 2 aliphatic rings. The number of hydrogen-bond donors (Lipinski definition) is 1. The molecule has 4 rings (SSSR count). The number of halogens is 1. The Morgan fingerprint density at radius 3 is 2.69 bits per heavy atom. The van der Waals surface area contributed by atoms with Crippen LogP contribution in [0.3, 0.4) is 0 Å². The summed E-state index contributed by atoms with van der Waals surface area (Å²) in [5.74, 6) is 0.866. The lowest BCUT2D eigenvalue weighted by Gasteiger charge is -2.40. The molecule has 3 heterocycles. The summed E-state index contributed by atoms with van der Waals surface area (Å²) in [6.07, 6.45) is 4.26. The summed E-state index contributed by atoms with van der Waals surface area (Å²) in [4.78, 5) is 21.1. The van der Waals surface area contributed by atoms with E-state index in [1.165, 1.54) is 11.1 Å². The molecule has 2 aromatic rings. The van der Waals surface area contributed by atoms with Gasteiger partial charge in [0.2, 0.25) is 11.2 Å². The molecule has 2 aliphatic heterocycles. The molecule has 0 unspecified atom stereocenters. The fourth-order valence-corrected chi connectivity index (χ4v) is 4.22. The minimum absolute atomic E-state index is 0.194. The molecular weight excluding hydrogens is 350 g/mol.